The molecule has 2 aromatic carbocycles. The average Bonchev–Trinajstić information content (AvgIpc) is 3.42. The van der Waals surface area contributed by atoms with Crippen molar-refractivity contribution in [1.82, 2.24) is 15.5 Å². The molecule has 10 heteroatoms. The van der Waals surface area contributed by atoms with Gasteiger partial charge in [-0.15, -0.1) is 0 Å². The van der Waals surface area contributed by atoms with Gasteiger partial charge in [0, 0.05) is 32.0 Å². The molecule has 0 spiro atoms. The number of rotatable bonds is 15. The van der Waals surface area contributed by atoms with E-state index in [9.17, 15) is 19.8 Å². The quantitative estimate of drug-likeness (QED) is 0.183. The molecule has 1 saturated carbocycles. The van der Waals surface area contributed by atoms with Gasteiger partial charge in [-0.05, 0) is 74.8 Å². The molecule has 3 aliphatic rings. The first-order valence-electron chi connectivity index (χ1n) is 19.0. The van der Waals surface area contributed by atoms with Crippen molar-refractivity contribution in [3.05, 3.63) is 71.3 Å². The Hall–Kier alpha value is -3.44. The van der Waals surface area contributed by atoms with E-state index in [1.54, 1.807) is 0 Å². The summed E-state index contributed by atoms with van der Waals surface area (Å²) in [5.74, 6) is 0.347. The first-order chi connectivity index (χ1) is 24.5. The molecule has 2 fully saturated rings. The number of hydrogen-bond acceptors (Lipinski definition) is 8. The molecule has 10 nitrogen and oxygen atoms in total. The maximum Gasteiger partial charge on any atom is 0.407 e. The molecular weight excluding hydrogens is 646 g/mol. The second kappa shape index (κ2) is 18.9. The highest BCUT2D eigenvalue weighted by Crippen LogP contribution is 2.33. The number of aliphatic hydroxyl groups excluding tert-OH is 2. The summed E-state index contributed by atoms with van der Waals surface area (Å²) in [6, 6.07) is 14.6. The molecular formula is C41H59N3O7. The summed E-state index contributed by atoms with van der Waals surface area (Å²) in [6.45, 7) is 10.3. The number of morpholine rings is 1. The van der Waals surface area contributed by atoms with Gasteiger partial charge in [0.1, 0.15) is 18.0 Å². The van der Waals surface area contributed by atoms with Crippen molar-refractivity contribution in [2.45, 2.75) is 108 Å². The Morgan fingerprint density at radius 1 is 1.04 bits per heavy atom. The van der Waals surface area contributed by atoms with Gasteiger partial charge in [-0.3, -0.25) is 9.69 Å². The number of benzene rings is 2. The lowest BCUT2D eigenvalue weighted by Gasteiger charge is -2.32. The Labute approximate surface area is 303 Å². The van der Waals surface area contributed by atoms with Crippen LogP contribution in [0.4, 0.5) is 4.79 Å². The minimum atomic E-state index is -0.974. The van der Waals surface area contributed by atoms with Crippen molar-refractivity contribution >= 4 is 18.1 Å². The number of allylic oxidation sites excluding steroid dienone is 1. The molecule has 51 heavy (non-hydrogen) atoms. The van der Waals surface area contributed by atoms with E-state index < -0.39 is 41.9 Å². The maximum absolute atomic E-state index is 14.0. The first-order valence-corrected chi connectivity index (χ1v) is 19.0. The molecule has 4 N–H and O–H groups in total. The highest BCUT2D eigenvalue weighted by molar-refractivity contribution is 5.80. The van der Waals surface area contributed by atoms with Crippen molar-refractivity contribution in [2.24, 2.45) is 11.8 Å². The molecule has 5 rings (SSSR count). The fourth-order valence-electron chi connectivity index (χ4n) is 7.50. The number of nitrogens with one attached hydrogen (secondary N) is 2. The Morgan fingerprint density at radius 2 is 1.76 bits per heavy atom. The molecule has 5 atom stereocenters. The zero-order valence-corrected chi connectivity index (χ0v) is 30.7. The predicted octanol–water partition coefficient (Wildman–Crippen LogP) is 5.81. The van der Waals surface area contributed by atoms with Crippen LogP contribution in [0.25, 0.3) is 6.08 Å². The molecule has 1 heterocycles. The Bertz CT molecular complexity index is 1410. The minimum Gasteiger partial charge on any atom is -0.492 e. The van der Waals surface area contributed by atoms with Crippen LogP contribution in [0.3, 0.4) is 0 Å². The van der Waals surface area contributed by atoms with Crippen LogP contribution in [-0.4, -0.2) is 90.4 Å². The van der Waals surface area contributed by atoms with Crippen LogP contribution in [0.1, 0.15) is 94.9 Å². The van der Waals surface area contributed by atoms with Crippen molar-refractivity contribution in [3.8, 4) is 5.75 Å². The smallest absolute Gasteiger partial charge is 0.407 e. The van der Waals surface area contributed by atoms with Gasteiger partial charge in [0.05, 0.1) is 37.5 Å². The van der Waals surface area contributed by atoms with E-state index in [1.165, 1.54) is 6.42 Å². The number of alkyl carbamates (subject to hydrolysis) is 1. The second-order valence-electron chi connectivity index (χ2n) is 15.5. The number of carbonyl (C=O) groups is 2. The lowest BCUT2D eigenvalue weighted by molar-refractivity contribution is -0.127. The van der Waals surface area contributed by atoms with Crippen LogP contribution >= 0.6 is 0 Å². The Morgan fingerprint density at radius 3 is 2.49 bits per heavy atom. The van der Waals surface area contributed by atoms with Crippen molar-refractivity contribution in [1.29, 1.82) is 0 Å². The van der Waals surface area contributed by atoms with Crippen LogP contribution in [-0.2, 0) is 20.7 Å². The third-order valence-electron chi connectivity index (χ3n) is 10.3. The summed E-state index contributed by atoms with van der Waals surface area (Å²) in [5, 5.41) is 28.7. The fraction of sp³-hybridized carbons (Fsp3) is 0.610. The summed E-state index contributed by atoms with van der Waals surface area (Å²) in [6.07, 6.45) is 8.89. The number of carbonyl (C=O) groups excluding carboxylic acids is 2. The third kappa shape index (κ3) is 12.3. The van der Waals surface area contributed by atoms with E-state index in [0.29, 0.717) is 31.8 Å². The molecule has 2 aromatic rings. The highest BCUT2D eigenvalue weighted by Gasteiger charge is 2.35. The zero-order chi connectivity index (χ0) is 36.2. The van der Waals surface area contributed by atoms with E-state index in [4.69, 9.17) is 14.2 Å². The van der Waals surface area contributed by atoms with Gasteiger partial charge >= 0.3 is 6.09 Å². The van der Waals surface area contributed by atoms with E-state index in [0.717, 1.165) is 81.0 Å². The molecule has 0 aromatic heterocycles. The van der Waals surface area contributed by atoms with Crippen LogP contribution in [0.5, 0.6) is 5.75 Å². The SMILES string of the molecule is CC(C)(C)OC(=O)NC(CC1CCCCC1)C(O)CC(C/C=C/c1ccc(OCCN2CCOCC2)cc1)C(=O)N[C@H]1c2ccccc2C[C@@H]1O. The van der Waals surface area contributed by atoms with Gasteiger partial charge < -0.3 is 35.1 Å². The first kappa shape index (κ1) is 38.8. The van der Waals surface area contributed by atoms with Crippen molar-refractivity contribution < 1.29 is 34.0 Å². The number of aliphatic hydroxyl groups is 2. The monoisotopic (exact) mass is 705 g/mol. The van der Waals surface area contributed by atoms with Crippen molar-refractivity contribution in [3.63, 3.8) is 0 Å². The van der Waals surface area contributed by atoms with Crippen LogP contribution in [0, 0.1) is 11.8 Å². The molecule has 0 radical (unpaired) electrons. The summed E-state index contributed by atoms with van der Waals surface area (Å²) in [4.78, 5) is 29.3. The highest BCUT2D eigenvalue weighted by atomic mass is 16.6. The molecule has 1 saturated heterocycles. The normalized spacial score (nSPS) is 21.8. The number of fused-ring (bicyclic) bond motifs is 1. The Kier molecular flexibility index (Phi) is 14.4. The topological polar surface area (TPSA) is 130 Å². The van der Waals surface area contributed by atoms with E-state index >= 15 is 0 Å². The van der Waals surface area contributed by atoms with E-state index in [2.05, 4.69) is 15.5 Å². The Balaban J connectivity index is 1.26. The molecule has 2 aliphatic carbocycles. The number of hydrogen-bond donors (Lipinski definition) is 4. The second-order valence-corrected chi connectivity index (χ2v) is 15.5. The number of amides is 2. The van der Waals surface area contributed by atoms with Crippen LogP contribution in [0.2, 0.25) is 0 Å². The molecule has 280 valence electrons. The summed E-state index contributed by atoms with van der Waals surface area (Å²) in [7, 11) is 0. The van der Waals surface area contributed by atoms with Crippen LogP contribution in [0.15, 0.2) is 54.6 Å². The standard InChI is InChI=1S/C41H59N3O7/c1-41(2,3)51-40(48)42-35(26-30-10-5-4-6-11-30)36(45)28-32(39(47)43-38-34-15-8-7-13-31(34)27-37(38)46)14-9-12-29-16-18-33(19-17-29)50-25-22-44-20-23-49-24-21-44/h7-9,12-13,15-19,30,32,35-38,45-46H,4-6,10-11,14,20-28H2,1-3H3,(H,42,48)(H,43,47)/b12-9+/t32?,35?,36?,37-,38-/m0/s1. The third-order valence-corrected chi connectivity index (χ3v) is 10.3. The number of nitrogens with zero attached hydrogens (tertiary/aromatic N) is 1. The lowest BCUT2D eigenvalue weighted by atomic mass is 9.82. The summed E-state index contributed by atoms with van der Waals surface area (Å²) >= 11 is 0. The molecule has 2 amide bonds. The number of ether oxygens (including phenoxy) is 3. The zero-order valence-electron chi connectivity index (χ0n) is 30.7. The van der Waals surface area contributed by atoms with Crippen LogP contribution < -0.4 is 15.4 Å². The van der Waals surface area contributed by atoms with Gasteiger partial charge in [-0.2, -0.15) is 0 Å². The van der Waals surface area contributed by atoms with Crippen molar-refractivity contribution in [2.75, 3.05) is 39.5 Å². The maximum atomic E-state index is 14.0. The summed E-state index contributed by atoms with van der Waals surface area (Å²) < 4.78 is 16.9. The van der Waals surface area contributed by atoms with Gasteiger partial charge in [0.25, 0.3) is 0 Å². The van der Waals surface area contributed by atoms with Gasteiger partial charge in [0.15, 0.2) is 0 Å². The van der Waals surface area contributed by atoms with Gasteiger partial charge in [0.2, 0.25) is 5.91 Å². The minimum absolute atomic E-state index is 0.143. The van der Waals surface area contributed by atoms with Gasteiger partial charge in [-0.1, -0.05) is 80.7 Å². The van der Waals surface area contributed by atoms with E-state index in [1.807, 2.05) is 81.5 Å². The fourth-order valence-corrected chi connectivity index (χ4v) is 7.50. The lowest BCUT2D eigenvalue weighted by Crippen LogP contribution is -2.48. The van der Waals surface area contributed by atoms with E-state index in [-0.39, 0.29) is 12.3 Å². The molecule has 1 aliphatic heterocycles. The average molecular weight is 706 g/mol. The molecule has 0 bridgehead atoms. The molecule has 3 unspecified atom stereocenters. The summed E-state index contributed by atoms with van der Waals surface area (Å²) in [5.41, 5.74) is 2.23. The largest absolute Gasteiger partial charge is 0.492 e. The predicted molar refractivity (Wildman–Crippen MR) is 198 cm³/mol. The van der Waals surface area contributed by atoms with Gasteiger partial charge in [-0.25, -0.2) is 4.79 Å².